The van der Waals surface area contributed by atoms with Gasteiger partial charge in [0.15, 0.2) is 0 Å². The molecule has 0 radical (unpaired) electrons. The number of hydrogen-bond donors (Lipinski definition) is 1. The highest BCUT2D eigenvalue weighted by Gasteiger charge is 2.32. The smallest absolute Gasteiger partial charge is 0.0826 e. The summed E-state index contributed by atoms with van der Waals surface area (Å²) in [5, 5.41) is 4.29. The Bertz CT molecular complexity index is 422. The third-order valence-corrected chi connectivity index (χ3v) is 4.25. The molecule has 1 heterocycles. The summed E-state index contributed by atoms with van der Waals surface area (Å²) in [6.07, 6.45) is 3.07. The Labute approximate surface area is 119 Å². The summed E-state index contributed by atoms with van der Waals surface area (Å²) in [6.45, 7) is 4.75. The summed E-state index contributed by atoms with van der Waals surface area (Å²) in [7, 11) is 0. The highest BCUT2D eigenvalue weighted by molar-refractivity contribution is 6.31. The minimum atomic E-state index is 0.317. The first-order chi connectivity index (χ1) is 9.33. The molecule has 0 unspecified atom stereocenters. The van der Waals surface area contributed by atoms with Gasteiger partial charge in [0.25, 0.3) is 0 Å². The first-order valence-electron chi connectivity index (χ1n) is 7.13. The van der Waals surface area contributed by atoms with Crippen LogP contribution in [0.5, 0.6) is 0 Å². The fourth-order valence-corrected chi connectivity index (χ4v) is 2.85. The standard InChI is InChI=1S/C15H21ClN2O/c16-15-4-2-1-3-12(15)9-17-10-14-11-18(7-8-19-14)13-5-6-13/h1-4,13-14,17H,5-11H2/t14-/m0/s1. The molecule has 0 amide bonds. The second-order valence-corrected chi connectivity index (χ2v) is 5.85. The van der Waals surface area contributed by atoms with Crippen molar-refractivity contribution in [3.05, 3.63) is 34.9 Å². The van der Waals surface area contributed by atoms with Gasteiger partial charge in [0.1, 0.15) is 0 Å². The van der Waals surface area contributed by atoms with Gasteiger partial charge in [-0.25, -0.2) is 0 Å². The maximum Gasteiger partial charge on any atom is 0.0826 e. The fraction of sp³-hybridized carbons (Fsp3) is 0.600. The van der Waals surface area contributed by atoms with Crippen LogP contribution in [0.2, 0.25) is 5.02 Å². The van der Waals surface area contributed by atoms with Gasteiger partial charge < -0.3 is 10.1 Å². The minimum absolute atomic E-state index is 0.317. The largest absolute Gasteiger partial charge is 0.374 e. The van der Waals surface area contributed by atoms with E-state index in [4.69, 9.17) is 16.3 Å². The first-order valence-corrected chi connectivity index (χ1v) is 7.50. The van der Waals surface area contributed by atoms with Gasteiger partial charge in [0.2, 0.25) is 0 Å². The maximum atomic E-state index is 6.14. The number of morpholine rings is 1. The molecule has 1 aliphatic heterocycles. The minimum Gasteiger partial charge on any atom is -0.374 e. The van der Waals surface area contributed by atoms with E-state index in [0.29, 0.717) is 6.10 Å². The predicted octanol–water partition coefficient (Wildman–Crippen LogP) is 2.29. The van der Waals surface area contributed by atoms with Crippen molar-refractivity contribution < 1.29 is 4.74 Å². The molecule has 1 saturated carbocycles. The molecule has 1 N–H and O–H groups in total. The number of nitrogens with one attached hydrogen (secondary N) is 1. The number of rotatable bonds is 5. The van der Waals surface area contributed by atoms with Crippen LogP contribution in [0.3, 0.4) is 0 Å². The third-order valence-electron chi connectivity index (χ3n) is 3.88. The zero-order valence-electron chi connectivity index (χ0n) is 11.1. The quantitative estimate of drug-likeness (QED) is 0.896. The van der Waals surface area contributed by atoms with Gasteiger partial charge in [-0.3, -0.25) is 4.90 Å². The number of nitrogens with zero attached hydrogens (tertiary/aromatic N) is 1. The molecule has 3 rings (SSSR count). The zero-order chi connectivity index (χ0) is 13.1. The van der Waals surface area contributed by atoms with Gasteiger partial charge in [0.05, 0.1) is 12.7 Å². The van der Waals surface area contributed by atoms with Crippen molar-refractivity contribution in [3.63, 3.8) is 0 Å². The molecule has 1 aromatic carbocycles. The Morgan fingerprint density at radius 3 is 2.95 bits per heavy atom. The number of hydrogen-bond acceptors (Lipinski definition) is 3. The average Bonchev–Trinajstić information content (AvgIpc) is 3.26. The maximum absolute atomic E-state index is 6.14. The van der Waals surface area contributed by atoms with E-state index in [9.17, 15) is 0 Å². The van der Waals surface area contributed by atoms with E-state index in [2.05, 4.69) is 16.3 Å². The molecule has 3 nitrogen and oxygen atoms in total. The van der Waals surface area contributed by atoms with Gasteiger partial charge >= 0.3 is 0 Å². The molecule has 2 aliphatic rings. The lowest BCUT2D eigenvalue weighted by molar-refractivity contribution is -0.0301. The van der Waals surface area contributed by atoms with E-state index in [0.717, 1.165) is 49.4 Å². The lowest BCUT2D eigenvalue weighted by atomic mass is 10.2. The lowest BCUT2D eigenvalue weighted by Crippen LogP contribution is -2.47. The van der Waals surface area contributed by atoms with E-state index in [1.165, 1.54) is 12.8 Å². The third kappa shape index (κ3) is 3.69. The molecular formula is C15H21ClN2O. The molecule has 1 aliphatic carbocycles. The number of benzene rings is 1. The Hall–Kier alpha value is -0.610. The molecule has 0 spiro atoms. The van der Waals surface area contributed by atoms with Crippen LogP contribution in [0.1, 0.15) is 18.4 Å². The molecule has 4 heteroatoms. The van der Waals surface area contributed by atoms with E-state index in [1.54, 1.807) is 0 Å². The zero-order valence-corrected chi connectivity index (χ0v) is 11.9. The molecule has 2 fully saturated rings. The molecule has 0 aromatic heterocycles. The van der Waals surface area contributed by atoms with Crippen LogP contribution in [-0.4, -0.2) is 43.3 Å². The summed E-state index contributed by atoms with van der Waals surface area (Å²) in [5.41, 5.74) is 1.15. The van der Waals surface area contributed by atoms with Crippen molar-refractivity contribution in [2.24, 2.45) is 0 Å². The van der Waals surface area contributed by atoms with Gasteiger partial charge in [0, 0.05) is 37.2 Å². The topological polar surface area (TPSA) is 24.5 Å². The van der Waals surface area contributed by atoms with Crippen molar-refractivity contribution in [3.8, 4) is 0 Å². The van der Waals surface area contributed by atoms with Crippen molar-refractivity contribution in [2.45, 2.75) is 31.5 Å². The summed E-state index contributed by atoms with van der Waals surface area (Å²) in [4.78, 5) is 2.57. The summed E-state index contributed by atoms with van der Waals surface area (Å²) < 4.78 is 5.82. The van der Waals surface area contributed by atoms with Crippen molar-refractivity contribution in [1.82, 2.24) is 10.2 Å². The lowest BCUT2D eigenvalue weighted by Gasteiger charge is -2.33. The molecular weight excluding hydrogens is 260 g/mol. The van der Waals surface area contributed by atoms with Gasteiger partial charge in [-0.2, -0.15) is 0 Å². The Morgan fingerprint density at radius 1 is 1.32 bits per heavy atom. The monoisotopic (exact) mass is 280 g/mol. The highest BCUT2D eigenvalue weighted by Crippen LogP contribution is 2.28. The van der Waals surface area contributed by atoms with Crippen LogP contribution in [-0.2, 0) is 11.3 Å². The normalized spacial score (nSPS) is 24.6. The van der Waals surface area contributed by atoms with Crippen molar-refractivity contribution in [1.29, 1.82) is 0 Å². The average molecular weight is 281 g/mol. The van der Waals surface area contributed by atoms with Crippen molar-refractivity contribution >= 4 is 11.6 Å². The highest BCUT2D eigenvalue weighted by atomic mass is 35.5. The van der Waals surface area contributed by atoms with Crippen LogP contribution in [0.15, 0.2) is 24.3 Å². The van der Waals surface area contributed by atoms with Crippen LogP contribution < -0.4 is 5.32 Å². The molecule has 0 bridgehead atoms. The molecule has 1 saturated heterocycles. The SMILES string of the molecule is Clc1ccccc1CNC[C@H]1CN(C2CC2)CCO1. The Morgan fingerprint density at radius 2 is 2.16 bits per heavy atom. The number of ether oxygens (including phenoxy) is 1. The number of halogens is 1. The second kappa shape index (κ2) is 6.23. The van der Waals surface area contributed by atoms with Crippen molar-refractivity contribution in [2.75, 3.05) is 26.2 Å². The predicted molar refractivity (Wildman–Crippen MR) is 77.5 cm³/mol. The summed E-state index contributed by atoms with van der Waals surface area (Å²) in [6, 6.07) is 8.83. The Balaban J connectivity index is 1.43. The second-order valence-electron chi connectivity index (χ2n) is 5.44. The van der Waals surface area contributed by atoms with E-state index in [-0.39, 0.29) is 0 Å². The van der Waals surface area contributed by atoms with Crippen LogP contribution in [0.25, 0.3) is 0 Å². The summed E-state index contributed by atoms with van der Waals surface area (Å²) >= 11 is 6.14. The van der Waals surface area contributed by atoms with E-state index < -0.39 is 0 Å². The van der Waals surface area contributed by atoms with Crippen LogP contribution >= 0.6 is 11.6 Å². The summed E-state index contributed by atoms with van der Waals surface area (Å²) in [5.74, 6) is 0. The van der Waals surface area contributed by atoms with Gasteiger partial charge in [-0.1, -0.05) is 29.8 Å². The van der Waals surface area contributed by atoms with Gasteiger partial charge in [-0.15, -0.1) is 0 Å². The fourth-order valence-electron chi connectivity index (χ4n) is 2.65. The van der Waals surface area contributed by atoms with Crippen LogP contribution in [0.4, 0.5) is 0 Å². The molecule has 1 atom stereocenters. The Kier molecular flexibility index (Phi) is 4.38. The first kappa shape index (κ1) is 13.4. The van der Waals surface area contributed by atoms with Gasteiger partial charge in [-0.05, 0) is 24.5 Å². The molecule has 104 valence electrons. The van der Waals surface area contributed by atoms with E-state index in [1.807, 2.05) is 18.2 Å². The molecule has 1 aromatic rings. The van der Waals surface area contributed by atoms with Crippen LogP contribution in [0, 0.1) is 0 Å². The molecule has 19 heavy (non-hydrogen) atoms. The van der Waals surface area contributed by atoms with E-state index >= 15 is 0 Å².